The Kier molecular flexibility index (Phi) is 6.22. The Balaban J connectivity index is 2.48. The molecule has 0 saturated carbocycles. The lowest BCUT2D eigenvalue weighted by molar-refractivity contribution is -0.127. The number of carbonyl (C=O) groups is 1. The fourth-order valence-electron chi connectivity index (χ4n) is 1.55. The lowest BCUT2D eigenvalue weighted by atomic mass is 10.1. The topological polar surface area (TPSA) is 64.3 Å². The number of ether oxygens (including phenoxy) is 1. The first-order valence-corrected chi connectivity index (χ1v) is 6.40. The third-order valence-electron chi connectivity index (χ3n) is 2.59. The minimum absolute atomic E-state index is 0.0807. The lowest BCUT2D eigenvalue weighted by Gasteiger charge is -2.14. The minimum atomic E-state index is -0.475. The van der Waals surface area contributed by atoms with Gasteiger partial charge in [-0.25, -0.2) is 0 Å². The summed E-state index contributed by atoms with van der Waals surface area (Å²) in [7, 11) is 0. The molecule has 0 aromatic heterocycles. The molecule has 100 valence electrons. The Hall–Kier alpha value is -1.55. The number of carbonyl (C=O) groups excluding carboxylic acids is 1. The van der Waals surface area contributed by atoms with E-state index < -0.39 is 6.10 Å². The molecular formula is C14H22N2O2. The van der Waals surface area contributed by atoms with Gasteiger partial charge in [0.05, 0.1) is 0 Å². The SMILES string of the molecule is CCCNC(=O)C(C)Oc1ccc(CCN)cc1. The van der Waals surface area contributed by atoms with Gasteiger partial charge < -0.3 is 15.8 Å². The normalized spacial score (nSPS) is 11.9. The first kappa shape index (κ1) is 14.5. The predicted octanol–water partition coefficient (Wildman–Crippen LogP) is 1.48. The van der Waals surface area contributed by atoms with E-state index in [9.17, 15) is 4.79 Å². The van der Waals surface area contributed by atoms with Crippen LogP contribution in [0, 0.1) is 0 Å². The molecule has 0 spiro atoms. The summed E-state index contributed by atoms with van der Waals surface area (Å²) in [5.41, 5.74) is 6.66. The number of rotatable bonds is 7. The van der Waals surface area contributed by atoms with Crippen LogP contribution in [0.4, 0.5) is 0 Å². The van der Waals surface area contributed by atoms with Gasteiger partial charge in [-0.3, -0.25) is 4.79 Å². The summed E-state index contributed by atoms with van der Waals surface area (Å²) in [5.74, 6) is 0.623. The number of benzene rings is 1. The molecule has 0 aliphatic carbocycles. The molecule has 1 aromatic rings. The van der Waals surface area contributed by atoms with Gasteiger partial charge in [-0.2, -0.15) is 0 Å². The lowest BCUT2D eigenvalue weighted by Crippen LogP contribution is -2.36. The van der Waals surface area contributed by atoms with Gasteiger partial charge in [0, 0.05) is 6.54 Å². The molecule has 0 bridgehead atoms. The van der Waals surface area contributed by atoms with Gasteiger partial charge in [-0.05, 0) is 44.0 Å². The van der Waals surface area contributed by atoms with Crippen LogP contribution < -0.4 is 15.8 Å². The van der Waals surface area contributed by atoms with E-state index in [1.807, 2.05) is 31.2 Å². The second-order valence-electron chi connectivity index (χ2n) is 4.23. The standard InChI is InChI=1S/C14H22N2O2/c1-3-10-16-14(17)11(2)18-13-6-4-12(5-7-13)8-9-15/h4-7,11H,3,8-10,15H2,1-2H3,(H,16,17). The summed E-state index contributed by atoms with van der Waals surface area (Å²) in [5, 5.41) is 2.80. The highest BCUT2D eigenvalue weighted by atomic mass is 16.5. The van der Waals surface area contributed by atoms with Gasteiger partial charge in [-0.1, -0.05) is 19.1 Å². The van der Waals surface area contributed by atoms with Crippen molar-refractivity contribution in [2.24, 2.45) is 5.73 Å². The van der Waals surface area contributed by atoms with E-state index in [1.54, 1.807) is 6.92 Å². The van der Waals surface area contributed by atoms with Crippen LogP contribution in [-0.2, 0) is 11.2 Å². The first-order chi connectivity index (χ1) is 8.67. The van der Waals surface area contributed by atoms with Crippen molar-refractivity contribution < 1.29 is 9.53 Å². The molecule has 1 unspecified atom stereocenters. The molecule has 18 heavy (non-hydrogen) atoms. The highest BCUT2D eigenvalue weighted by Crippen LogP contribution is 2.14. The number of nitrogens with one attached hydrogen (secondary N) is 1. The molecule has 1 atom stereocenters. The zero-order valence-corrected chi connectivity index (χ0v) is 11.1. The number of amides is 1. The third-order valence-corrected chi connectivity index (χ3v) is 2.59. The Morgan fingerprint density at radius 3 is 2.61 bits per heavy atom. The average molecular weight is 250 g/mol. The van der Waals surface area contributed by atoms with Crippen molar-refractivity contribution in [1.29, 1.82) is 0 Å². The van der Waals surface area contributed by atoms with E-state index in [2.05, 4.69) is 5.32 Å². The van der Waals surface area contributed by atoms with E-state index in [4.69, 9.17) is 10.5 Å². The molecule has 3 N–H and O–H groups in total. The summed E-state index contributed by atoms with van der Waals surface area (Å²) in [4.78, 5) is 11.6. The Labute approximate surface area is 109 Å². The fraction of sp³-hybridized carbons (Fsp3) is 0.500. The van der Waals surface area contributed by atoms with E-state index in [0.717, 1.165) is 12.8 Å². The van der Waals surface area contributed by atoms with Crippen LogP contribution in [0.3, 0.4) is 0 Å². The maximum absolute atomic E-state index is 11.6. The first-order valence-electron chi connectivity index (χ1n) is 6.40. The summed E-state index contributed by atoms with van der Waals surface area (Å²) in [6, 6.07) is 7.68. The molecule has 4 nitrogen and oxygen atoms in total. The van der Waals surface area contributed by atoms with Crippen LogP contribution >= 0.6 is 0 Å². The van der Waals surface area contributed by atoms with Crippen LogP contribution in [0.15, 0.2) is 24.3 Å². The Morgan fingerprint density at radius 1 is 1.39 bits per heavy atom. The van der Waals surface area contributed by atoms with Crippen molar-refractivity contribution >= 4 is 5.91 Å². The van der Waals surface area contributed by atoms with Crippen LogP contribution in [0.2, 0.25) is 0 Å². The molecule has 1 rings (SSSR count). The van der Waals surface area contributed by atoms with Crippen LogP contribution in [0.1, 0.15) is 25.8 Å². The summed E-state index contributed by atoms with van der Waals surface area (Å²) < 4.78 is 5.56. The minimum Gasteiger partial charge on any atom is -0.481 e. The van der Waals surface area contributed by atoms with Crippen molar-refractivity contribution in [2.45, 2.75) is 32.8 Å². The van der Waals surface area contributed by atoms with Gasteiger partial charge in [0.2, 0.25) is 0 Å². The van der Waals surface area contributed by atoms with Crippen molar-refractivity contribution in [3.63, 3.8) is 0 Å². The fourth-order valence-corrected chi connectivity index (χ4v) is 1.55. The maximum atomic E-state index is 11.6. The van der Waals surface area contributed by atoms with Crippen molar-refractivity contribution in [1.82, 2.24) is 5.32 Å². The number of hydrogen-bond acceptors (Lipinski definition) is 3. The highest BCUT2D eigenvalue weighted by molar-refractivity contribution is 5.80. The van der Waals surface area contributed by atoms with Gasteiger partial charge in [0.1, 0.15) is 5.75 Å². The Bertz CT molecular complexity index is 363. The van der Waals surface area contributed by atoms with Crippen LogP contribution in [-0.4, -0.2) is 25.1 Å². The summed E-state index contributed by atoms with van der Waals surface area (Å²) in [6.45, 7) is 5.08. The van der Waals surface area contributed by atoms with E-state index in [-0.39, 0.29) is 5.91 Å². The summed E-state index contributed by atoms with van der Waals surface area (Å²) >= 11 is 0. The molecule has 0 aliphatic heterocycles. The molecule has 0 heterocycles. The Morgan fingerprint density at radius 2 is 2.06 bits per heavy atom. The summed E-state index contributed by atoms with van der Waals surface area (Å²) in [6.07, 6.45) is 1.30. The predicted molar refractivity (Wildman–Crippen MR) is 72.6 cm³/mol. The highest BCUT2D eigenvalue weighted by Gasteiger charge is 2.13. The molecule has 1 aromatic carbocycles. The average Bonchev–Trinajstić information content (AvgIpc) is 2.38. The van der Waals surface area contributed by atoms with Crippen molar-refractivity contribution in [3.8, 4) is 5.75 Å². The molecule has 0 radical (unpaired) electrons. The molecule has 0 aliphatic rings. The van der Waals surface area contributed by atoms with Gasteiger partial charge in [0.15, 0.2) is 6.10 Å². The second-order valence-corrected chi connectivity index (χ2v) is 4.23. The maximum Gasteiger partial charge on any atom is 0.260 e. The van der Waals surface area contributed by atoms with Crippen LogP contribution in [0.25, 0.3) is 0 Å². The van der Waals surface area contributed by atoms with Crippen molar-refractivity contribution in [2.75, 3.05) is 13.1 Å². The molecular weight excluding hydrogens is 228 g/mol. The zero-order valence-electron chi connectivity index (χ0n) is 11.1. The monoisotopic (exact) mass is 250 g/mol. The van der Waals surface area contributed by atoms with Gasteiger partial charge in [0.25, 0.3) is 5.91 Å². The largest absolute Gasteiger partial charge is 0.481 e. The molecule has 0 saturated heterocycles. The van der Waals surface area contributed by atoms with E-state index >= 15 is 0 Å². The van der Waals surface area contributed by atoms with Crippen molar-refractivity contribution in [3.05, 3.63) is 29.8 Å². The smallest absolute Gasteiger partial charge is 0.260 e. The van der Waals surface area contributed by atoms with E-state index in [0.29, 0.717) is 18.8 Å². The molecule has 1 amide bonds. The zero-order chi connectivity index (χ0) is 13.4. The quantitative estimate of drug-likeness (QED) is 0.770. The number of hydrogen-bond donors (Lipinski definition) is 2. The van der Waals surface area contributed by atoms with Gasteiger partial charge >= 0.3 is 0 Å². The molecule has 4 heteroatoms. The second kappa shape index (κ2) is 7.71. The van der Waals surface area contributed by atoms with Crippen LogP contribution in [0.5, 0.6) is 5.75 Å². The third kappa shape index (κ3) is 4.75. The number of nitrogens with two attached hydrogens (primary N) is 1. The van der Waals surface area contributed by atoms with Gasteiger partial charge in [-0.15, -0.1) is 0 Å². The molecule has 0 fully saturated rings. The van der Waals surface area contributed by atoms with E-state index in [1.165, 1.54) is 5.56 Å².